The summed E-state index contributed by atoms with van der Waals surface area (Å²) in [4.78, 5) is 4.58. The van der Waals surface area contributed by atoms with Crippen LogP contribution in [0.1, 0.15) is 37.5 Å². The van der Waals surface area contributed by atoms with Gasteiger partial charge in [0.15, 0.2) is 0 Å². The fourth-order valence-corrected chi connectivity index (χ4v) is 3.91. The van der Waals surface area contributed by atoms with E-state index in [-0.39, 0.29) is 5.41 Å². The maximum absolute atomic E-state index is 6.27. The number of anilines is 1. The lowest BCUT2D eigenvalue weighted by Crippen LogP contribution is -2.36. The van der Waals surface area contributed by atoms with Gasteiger partial charge in [-0.2, -0.15) is 0 Å². The van der Waals surface area contributed by atoms with Gasteiger partial charge in [0.1, 0.15) is 17.7 Å². The Morgan fingerprint density at radius 3 is 2.46 bits per heavy atom. The molecule has 0 fully saturated rings. The first-order valence-electron chi connectivity index (χ1n) is 8.51. The van der Waals surface area contributed by atoms with Gasteiger partial charge in [-0.1, -0.05) is 38.1 Å². The predicted molar refractivity (Wildman–Crippen MR) is 98.7 cm³/mol. The van der Waals surface area contributed by atoms with Gasteiger partial charge in [-0.3, -0.25) is 0 Å². The highest BCUT2D eigenvalue weighted by molar-refractivity contribution is 5.73. The van der Waals surface area contributed by atoms with Crippen molar-refractivity contribution in [2.45, 2.75) is 39.3 Å². The minimum absolute atomic E-state index is 0.111. The first kappa shape index (κ1) is 15.1. The molecule has 0 bridgehead atoms. The molecule has 0 saturated carbocycles. The number of aryl methyl sites for hydroxylation is 1. The molecule has 0 saturated heterocycles. The summed E-state index contributed by atoms with van der Waals surface area (Å²) in [6, 6.07) is 12.6. The molecule has 0 N–H and O–H groups in total. The van der Waals surface area contributed by atoms with Crippen LogP contribution < -0.4 is 9.64 Å². The molecular formula is C21H24N2O. The summed E-state index contributed by atoms with van der Waals surface area (Å²) in [5, 5.41) is 0. The van der Waals surface area contributed by atoms with E-state index in [1.807, 2.05) is 6.07 Å². The Labute approximate surface area is 144 Å². The van der Waals surface area contributed by atoms with Crippen molar-refractivity contribution in [3.8, 4) is 11.5 Å². The van der Waals surface area contributed by atoms with Crippen molar-refractivity contribution in [2.24, 2.45) is 0 Å². The molecule has 0 amide bonds. The molecule has 24 heavy (non-hydrogen) atoms. The molecule has 0 unspecified atom stereocenters. The van der Waals surface area contributed by atoms with Gasteiger partial charge in [0.05, 0.1) is 5.69 Å². The van der Waals surface area contributed by atoms with E-state index in [0.29, 0.717) is 6.17 Å². The molecule has 2 aliphatic heterocycles. The lowest BCUT2D eigenvalue weighted by Gasteiger charge is -2.39. The zero-order chi connectivity index (χ0) is 17.1. The Morgan fingerprint density at radius 1 is 1.00 bits per heavy atom. The van der Waals surface area contributed by atoms with Gasteiger partial charge in [0.25, 0.3) is 0 Å². The van der Waals surface area contributed by atoms with Gasteiger partial charge in [-0.05, 0) is 31.5 Å². The number of para-hydroxylation sites is 1. The molecule has 2 aromatic carbocycles. The second-order valence-corrected chi connectivity index (χ2v) is 7.33. The molecule has 2 aromatic rings. The number of hydrogen-bond acceptors (Lipinski definition) is 3. The molecule has 2 aliphatic rings. The van der Waals surface area contributed by atoms with Crippen LogP contribution in [0, 0.1) is 6.92 Å². The van der Waals surface area contributed by atoms with Gasteiger partial charge in [-0.25, -0.2) is 0 Å². The standard InChI is InChI=1S/C21H24N2O/c1-14-10-11-18-19(20(14)23-13-12-22(5)15(23)2)21(3,4)16-8-6-7-9-17(16)24-18/h6-13,15H,1-5H3/t15-/m0/s1. The Kier molecular flexibility index (Phi) is 3.17. The molecule has 2 heterocycles. The molecule has 0 aromatic heterocycles. The van der Waals surface area contributed by atoms with E-state index in [2.05, 4.69) is 87.3 Å². The summed E-state index contributed by atoms with van der Waals surface area (Å²) < 4.78 is 6.27. The SMILES string of the molecule is Cc1ccc2c(c1N1C=CN(C)[C@@H]1C)C(C)(C)c1ccccc1O2. The zero-order valence-electron chi connectivity index (χ0n) is 15.0. The van der Waals surface area contributed by atoms with E-state index in [9.17, 15) is 0 Å². The van der Waals surface area contributed by atoms with Crippen molar-refractivity contribution in [3.05, 3.63) is 65.5 Å². The smallest absolute Gasteiger partial charge is 0.133 e. The van der Waals surface area contributed by atoms with E-state index < -0.39 is 0 Å². The van der Waals surface area contributed by atoms with Gasteiger partial charge < -0.3 is 14.5 Å². The summed E-state index contributed by atoms with van der Waals surface area (Å²) in [5.41, 5.74) is 4.94. The van der Waals surface area contributed by atoms with Crippen molar-refractivity contribution >= 4 is 5.69 Å². The number of fused-ring (bicyclic) bond motifs is 2. The van der Waals surface area contributed by atoms with Crippen LogP contribution in [0.4, 0.5) is 5.69 Å². The van der Waals surface area contributed by atoms with E-state index in [0.717, 1.165) is 11.5 Å². The fourth-order valence-electron chi connectivity index (χ4n) is 3.91. The fraction of sp³-hybridized carbons (Fsp3) is 0.333. The first-order valence-corrected chi connectivity index (χ1v) is 8.51. The second kappa shape index (κ2) is 5.04. The van der Waals surface area contributed by atoms with Crippen LogP contribution in [-0.4, -0.2) is 18.1 Å². The van der Waals surface area contributed by atoms with Crippen LogP contribution in [0.2, 0.25) is 0 Å². The van der Waals surface area contributed by atoms with E-state index in [4.69, 9.17) is 4.74 Å². The quantitative estimate of drug-likeness (QED) is 0.736. The largest absolute Gasteiger partial charge is 0.457 e. The van der Waals surface area contributed by atoms with Gasteiger partial charge >= 0.3 is 0 Å². The third-order valence-electron chi connectivity index (χ3n) is 5.46. The van der Waals surface area contributed by atoms with Crippen molar-refractivity contribution < 1.29 is 4.74 Å². The Balaban J connectivity index is 1.96. The predicted octanol–water partition coefficient (Wildman–Crippen LogP) is 5.00. The van der Waals surface area contributed by atoms with E-state index in [1.165, 1.54) is 22.4 Å². The van der Waals surface area contributed by atoms with Crippen LogP contribution in [0.5, 0.6) is 11.5 Å². The van der Waals surface area contributed by atoms with Gasteiger partial charge in [0.2, 0.25) is 0 Å². The van der Waals surface area contributed by atoms with E-state index >= 15 is 0 Å². The Morgan fingerprint density at radius 2 is 1.75 bits per heavy atom. The average Bonchev–Trinajstić information content (AvgIpc) is 2.88. The lowest BCUT2D eigenvalue weighted by molar-refractivity contribution is 0.379. The average molecular weight is 320 g/mol. The molecule has 4 rings (SSSR count). The lowest BCUT2D eigenvalue weighted by atomic mass is 9.74. The van der Waals surface area contributed by atoms with Crippen LogP contribution in [0.3, 0.4) is 0 Å². The minimum atomic E-state index is -0.111. The summed E-state index contributed by atoms with van der Waals surface area (Å²) in [7, 11) is 2.11. The van der Waals surface area contributed by atoms with Crippen LogP contribution in [0.25, 0.3) is 0 Å². The van der Waals surface area contributed by atoms with Crippen molar-refractivity contribution in [1.29, 1.82) is 0 Å². The summed E-state index contributed by atoms with van der Waals surface area (Å²) in [6.07, 6.45) is 4.60. The molecular weight excluding hydrogens is 296 g/mol. The highest BCUT2D eigenvalue weighted by atomic mass is 16.5. The summed E-state index contributed by atoms with van der Waals surface area (Å²) in [5.74, 6) is 1.93. The molecule has 0 spiro atoms. The molecule has 1 atom stereocenters. The molecule has 0 aliphatic carbocycles. The first-order chi connectivity index (χ1) is 11.4. The maximum atomic E-state index is 6.27. The van der Waals surface area contributed by atoms with Crippen molar-refractivity contribution in [1.82, 2.24) is 4.90 Å². The van der Waals surface area contributed by atoms with E-state index in [1.54, 1.807) is 0 Å². The van der Waals surface area contributed by atoms with Crippen LogP contribution >= 0.6 is 0 Å². The maximum Gasteiger partial charge on any atom is 0.133 e. The van der Waals surface area contributed by atoms with Gasteiger partial charge in [-0.15, -0.1) is 0 Å². The number of rotatable bonds is 1. The number of nitrogens with zero attached hydrogens (tertiary/aromatic N) is 2. The highest BCUT2D eigenvalue weighted by Crippen LogP contribution is 2.52. The molecule has 0 radical (unpaired) electrons. The molecule has 3 heteroatoms. The number of hydrogen-bond donors (Lipinski definition) is 0. The normalized spacial score (nSPS) is 20.6. The summed E-state index contributed by atoms with van der Waals surface area (Å²) >= 11 is 0. The van der Waals surface area contributed by atoms with Crippen LogP contribution in [0.15, 0.2) is 48.8 Å². The molecule has 3 nitrogen and oxygen atoms in total. The van der Waals surface area contributed by atoms with Crippen molar-refractivity contribution in [3.63, 3.8) is 0 Å². The summed E-state index contributed by atoms with van der Waals surface area (Å²) in [6.45, 7) is 9.00. The zero-order valence-corrected chi connectivity index (χ0v) is 15.0. The molecule has 124 valence electrons. The number of ether oxygens (including phenoxy) is 1. The minimum Gasteiger partial charge on any atom is -0.457 e. The number of benzene rings is 2. The third kappa shape index (κ3) is 1.97. The van der Waals surface area contributed by atoms with Crippen LogP contribution in [-0.2, 0) is 5.41 Å². The topological polar surface area (TPSA) is 15.7 Å². The van der Waals surface area contributed by atoms with Gasteiger partial charge in [0, 0.05) is 36.0 Å². The van der Waals surface area contributed by atoms with Crippen molar-refractivity contribution in [2.75, 3.05) is 11.9 Å². The Bertz CT molecular complexity index is 838. The monoisotopic (exact) mass is 320 g/mol. The second-order valence-electron chi connectivity index (χ2n) is 7.33. The Hall–Kier alpha value is -2.42. The highest BCUT2D eigenvalue weighted by Gasteiger charge is 2.39. The third-order valence-corrected chi connectivity index (χ3v) is 5.46.